The Morgan fingerprint density at radius 3 is 2.83 bits per heavy atom. The molecular formula is C17H16N2OS3. The Labute approximate surface area is 147 Å². The van der Waals surface area contributed by atoms with Crippen molar-refractivity contribution in [3.63, 3.8) is 0 Å². The van der Waals surface area contributed by atoms with Crippen molar-refractivity contribution in [3.05, 3.63) is 59.9 Å². The third-order valence-electron chi connectivity index (χ3n) is 4.14. The van der Waals surface area contributed by atoms with Gasteiger partial charge < -0.3 is 4.90 Å². The summed E-state index contributed by atoms with van der Waals surface area (Å²) in [6, 6.07) is 6.41. The number of carbonyl (C=O) groups is 1. The van der Waals surface area contributed by atoms with E-state index in [0.717, 1.165) is 28.5 Å². The van der Waals surface area contributed by atoms with Crippen molar-refractivity contribution in [2.24, 2.45) is 0 Å². The maximum atomic E-state index is 13.2. The first-order chi connectivity index (χ1) is 11.1. The van der Waals surface area contributed by atoms with Crippen LogP contribution in [0.25, 0.3) is 0 Å². The number of aromatic nitrogens is 1. The van der Waals surface area contributed by atoms with E-state index < -0.39 is 0 Å². The van der Waals surface area contributed by atoms with Gasteiger partial charge in [0.2, 0.25) is 0 Å². The van der Waals surface area contributed by atoms with Gasteiger partial charge in [0.15, 0.2) is 0 Å². The zero-order valence-electron chi connectivity index (χ0n) is 12.9. The Morgan fingerprint density at radius 2 is 2.13 bits per heavy atom. The molecule has 1 amide bonds. The van der Waals surface area contributed by atoms with Crippen LogP contribution < -0.4 is 0 Å². The Kier molecular flexibility index (Phi) is 3.83. The summed E-state index contributed by atoms with van der Waals surface area (Å²) in [6.07, 6.45) is 0.942. The standard InChI is InChI=1S/C17H16N2OS3/c1-10-16(23-11(2)18-10)17(20)19-7-5-13-12(6-9-22-13)15(19)14-4-3-8-21-14/h3-4,6,8-9,15H,5,7H2,1-2H3/t15-/m1/s1. The van der Waals surface area contributed by atoms with Gasteiger partial charge in [0.05, 0.1) is 16.7 Å². The molecule has 4 heterocycles. The van der Waals surface area contributed by atoms with Crippen molar-refractivity contribution in [3.8, 4) is 0 Å². The maximum Gasteiger partial charge on any atom is 0.266 e. The zero-order chi connectivity index (χ0) is 16.0. The minimum atomic E-state index is 0.0410. The predicted octanol–water partition coefficient (Wildman–Crippen LogP) is 4.67. The van der Waals surface area contributed by atoms with E-state index in [1.54, 1.807) is 22.7 Å². The second kappa shape index (κ2) is 5.85. The van der Waals surface area contributed by atoms with Gasteiger partial charge in [-0.05, 0) is 48.7 Å². The summed E-state index contributed by atoms with van der Waals surface area (Å²) in [5, 5.41) is 5.17. The quantitative estimate of drug-likeness (QED) is 0.665. The summed E-state index contributed by atoms with van der Waals surface area (Å²) >= 11 is 5.02. The van der Waals surface area contributed by atoms with E-state index in [2.05, 4.69) is 33.9 Å². The maximum absolute atomic E-state index is 13.2. The average Bonchev–Trinajstić information content (AvgIpc) is 3.25. The molecule has 0 bridgehead atoms. The lowest BCUT2D eigenvalue weighted by Crippen LogP contribution is -2.39. The minimum Gasteiger partial charge on any atom is -0.326 e. The van der Waals surface area contributed by atoms with Crippen molar-refractivity contribution >= 4 is 39.9 Å². The van der Waals surface area contributed by atoms with Crippen LogP contribution in [0.15, 0.2) is 29.0 Å². The number of hydrogen-bond donors (Lipinski definition) is 0. The van der Waals surface area contributed by atoms with Crippen molar-refractivity contribution < 1.29 is 4.79 Å². The molecule has 0 saturated heterocycles. The second-order valence-electron chi connectivity index (χ2n) is 5.61. The van der Waals surface area contributed by atoms with Crippen LogP contribution in [-0.2, 0) is 6.42 Å². The summed E-state index contributed by atoms with van der Waals surface area (Å²) < 4.78 is 0. The normalized spacial score (nSPS) is 17.3. The molecule has 0 aliphatic carbocycles. The first-order valence-corrected chi connectivity index (χ1v) is 10.1. The van der Waals surface area contributed by atoms with Gasteiger partial charge in [0, 0.05) is 16.3 Å². The predicted molar refractivity (Wildman–Crippen MR) is 96.8 cm³/mol. The number of rotatable bonds is 2. The lowest BCUT2D eigenvalue weighted by atomic mass is 9.98. The van der Waals surface area contributed by atoms with E-state index in [9.17, 15) is 4.79 Å². The van der Waals surface area contributed by atoms with Crippen LogP contribution in [0.1, 0.15) is 41.7 Å². The molecule has 0 spiro atoms. The van der Waals surface area contributed by atoms with Gasteiger partial charge in [0.25, 0.3) is 5.91 Å². The van der Waals surface area contributed by atoms with E-state index in [4.69, 9.17) is 0 Å². The lowest BCUT2D eigenvalue weighted by Gasteiger charge is -2.35. The highest BCUT2D eigenvalue weighted by Crippen LogP contribution is 2.40. The minimum absolute atomic E-state index is 0.0410. The number of hydrogen-bond acceptors (Lipinski definition) is 5. The van der Waals surface area contributed by atoms with Crippen LogP contribution in [0.5, 0.6) is 0 Å². The number of thiazole rings is 1. The number of amides is 1. The molecule has 0 radical (unpaired) electrons. The highest BCUT2D eigenvalue weighted by molar-refractivity contribution is 7.13. The molecule has 3 aromatic rings. The first kappa shape index (κ1) is 15.1. The summed E-state index contributed by atoms with van der Waals surface area (Å²) in [4.78, 5) is 23.0. The van der Waals surface area contributed by atoms with E-state index in [1.807, 2.05) is 18.7 Å². The molecule has 0 saturated carbocycles. The lowest BCUT2D eigenvalue weighted by molar-refractivity contribution is 0.0703. The van der Waals surface area contributed by atoms with Gasteiger partial charge >= 0.3 is 0 Å². The van der Waals surface area contributed by atoms with Gasteiger partial charge in [0.1, 0.15) is 4.88 Å². The fourth-order valence-electron chi connectivity index (χ4n) is 3.15. The van der Waals surface area contributed by atoms with Crippen LogP contribution in [0.3, 0.4) is 0 Å². The molecule has 6 heteroatoms. The number of carbonyl (C=O) groups excluding carboxylic acids is 1. The Hall–Kier alpha value is -1.50. The van der Waals surface area contributed by atoms with Crippen molar-refractivity contribution in [2.45, 2.75) is 26.3 Å². The van der Waals surface area contributed by atoms with Gasteiger partial charge in [-0.25, -0.2) is 4.98 Å². The molecule has 1 atom stereocenters. The van der Waals surface area contributed by atoms with Crippen molar-refractivity contribution in [1.29, 1.82) is 0 Å². The Morgan fingerprint density at radius 1 is 1.26 bits per heavy atom. The van der Waals surface area contributed by atoms with Crippen LogP contribution in [0.4, 0.5) is 0 Å². The van der Waals surface area contributed by atoms with Crippen LogP contribution in [0.2, 0.25) is 0 Å². The van der Waals surface area contributed by atoms with Gasteiger partial charge in [-0.3, -0.25) is 4.79 Å². The molecule has 0 N–H and O–H groups in total. The van der Waals surface area contributed by atoms with Crippen molar-refractivity contribution in [2.75, 3.05) is 6.54 Å². The fraction of sp³-hybridized carbons (Fsp3) is 0.294. The second-order valence-corrected chi connectivity index (χ2v) is 8.80. The van der Waals surface area contributed by atoms with Crippen LogP contribution in [-0.4, -0.2) is 22.3 Å². The monoisotopic (exact) mass is 360 g/mol. The van der Waals surface area contributed by atoms with Gasteiger partial charge in [-0.2, -0.15) is 0 Å². The largest absolute Gasteiger partial charge is 0.326 e. The highest BCUT2D eigenvalue weighted by atomic mass is 32.1. The van der Waals surface area contributed by atoms with Gasteiger partial charge in [-0.15, -0.1) is 34.0 Å². The number of nitrogens with zero attached hydrogens (tertiary/aromatic N) is 2. The molecule has 0 unspecified atom stereocenters. The molecule has 0 fully saturated rings. The van der Waals surface area contributed by atoms with Crippen molar-refractivity contribution in [1.82, 2.24) is 9.88 Å². The number of aryl methyl sites for hydroxylation is 2. The molecule has 3 aromatic heterocycles. The third-order valence-corrected chi connectivity index (χ3v) is 7.12. The summed E-state index contributed by atoms with van der Waals surface area (Å²) in [6.45, 7) is 4.65. The average molecular weight is 361 g/mol. The zero-order valence-corrected chi connectivity index (χ0v) is 15.4. The Balaban J connectivity index is 1.78. The van der Waals surface area contributed by atoms with Gasteiger partial charge in [-0.1, -0.05) is 6.07 Å². The third kappa shape index (κ3) is 2.55. The molecule has 23 heavy (non-hydrogen) atoms. The van der Waals surface area contributed by atoms with E-state index >= 15 is 0 Å². The topological polar surface area (TPSA) is 33.2 Å². The Bertz CT molecular complexity index is 847. The number of fused-ring (bicyclic) bond motifs is 1. The number of thiophene rings is 2. The van der Waals surface area contributed by atoms with Crippen LogP contribution in [0, 0.1) is 13.8 Å². The highest BCUT2D eigenvalue weighted by Gasteiger charge is 2.35. The molecule has 118 valence electrons. The molecular weight excluding hydrogens is 344 g/mol. The smallest absolute Gasteiger partial charge is 0.266 e. The van der Waals surface area contributed by atoms with E-state index in [-0.39, 0.29) is 11.9 Å². The molecule has 1 aliphatic heterocycles. The first-order valence-electron chi connectivity index (χ1n) is 7.50. The molecule has 1 aliphatic rings. The molecule has 3 nitrogen and oxygen atoms in total. The molecule has 4 rings (SSSR count). The summed E-state index contributed by atoms with van der Waals surface area (Å²) in [7, 11) is 0. The molecule has 0 aromatic carbocycles. The van der Waals surface area contributed by atoms with E-state index in [1.165, 1.54) is 26.7 Å². The SMILES string of the molecule is Cc1nc(C)c(C(=O)N2CCc3sccc3[C@@H]2c2cccs2)s1. The van der Waals surface area contributed by atoms with E-state index in [0.29, 0.717) is 0 Å². The fourth-order valence-corrected chi connectivity index (χ4v) is 5.78. The van der Waals surface area contributed by atoms with Crippen LogP contribution >= 0.6 is 34.0 Å². The summed E-state index contributed by atoms with van der Waals surface area (Å²) in [5.74, 6) is 0.114. The summed E-state index contributed by atoms with van der Waals surface area (Å²) in [5.41, 5.74) is 2.13.